The predicted molar refractivity (Wildman–Crippen MR) is 152 cm³/mol. The van der Waals surface area contributed by atoms with Gasteiger partial charge in [-0.1, -0.05) is 27.7 Å². The normalized spacial score (nSPS) is 14.8. The fourth-order valence-corrected chi connectivity index (χ4v) is 5.00. The molecule has 5 aromatic heterocycles. The summed E-state index contributed by atoms with van der Waals surface area (Å²) >= 11 is 0. The Balaban J connectivity index is 1.26. The number of aromatic amines is 1. The average molecular weight is 529 g/mol. The summed E-state index contributed by atoms with van der Waals surface area (Å²) in [6.07, 6.45) is 6.85. The van der Waals surface area contributed by atoms with E-state index in [0.29, 0.717) is 35.6 Å². The molecule has 10 heteroatoms. The Morgan fingerprint density at radius 2 is 1.87 bits per heavy atom. The number of rotatable bonds is 9. The second kappa shape index (κ2) is 9.68. The van der Waals surface area contributed by atoms with Gasteiger partial charge < -0.3 is 24.3 Å². The molecule has 1 aliphatic carbocycles. The molecule has 39 heavy (non-hydrogen) atoms. The zero-order valence-electron chi connectivity index (χ0n) is 23.4. The third-order valence-electron chi connectivity index (χ3n) is 7.35. The van der Waals surface area contributed by atoms with E-state index in [-0.39, 0.29) is 11.5 Å². The Kier molecular flexibility index (Phi) is 6.29. The maximum absolute atomic E-state index is 6.15. The Morgan fingerprint density at radius 1 is 1.10 bits per heavy atom. The van der Waals surface area contributed by atoms with Crippen LogP contribution in [-0.2, 0) is 17.2 Å². The van der Waals surface area contributed by atoms with Crippen LogP contribution in [0.25, 0.3) is 22.2 Å². The van der Waals surface area contributed by atoms with Gasteiger partial charge in [0.25, 0.3) is 0 Å². The second-order valence-electron chi connectivity index (χ2n) is 11.5. The maximum atomic E-state index is 6.15. The van der Waals surface area contributed by atoms with Crippen molar-refractivity contribution >= 4 is 34.0 Å². The standard InChI is InChI=1S/C29H36N8O2/c1-7-19(16-38-6)37-24(29(2,3)4)13-25(35-37)33-28-34-27-23(36(28)5)12-21(15-31-27)39-20-10-18-11-22(17-8-9-17)32-26(18)30-14-20/h10-15,17,19H,7-9,16H2,1-6H3,(H,30,32)(H,31,33,34,35). The number of hydrogen-bond acceptors (Lipinski definition) is 7. The number of anilines is 2. The fraction of sp³-hybridized carbons (Fsp3) is 0.448. The Bertz CT molecular complexity index is 1640. The highest BCUT2D eigenvalue weighted by atomic mass is 16.5. The SMILES string of the molecule is CCC(COC)n1nc(Nc2nc3ncc(Oc4cnc5[nH]c(C6CC6)cc5c4)cc3n2C)cc1C(C)(C)C. The quantitative estimate of drug-likeness (QED) is 0.229. The number of nitrogens with zero attached hydrogens (tertiary/aromatic N) is 6. The zero-order chi connectivity index (χ0) is 27.3. The summed E-state index contributed by atoms with van der Waals surface area (Å²) < 4.78 is 15.7. The number of hydrogen-bond donors (Lipinski definition) is 2. The second-order valence-corrected chi connectivity index (χ2v) is 11.5. The fourth-order valence-electron chi connectivity index (χ4n) is 5.00. The van der Waals surface area contributed by atoms with E-state index >= 15 is 0 Å². The van der Waals surface area contributed by atoms with Crippen molar-refractivity contribution in [2.45, 2.75) is 64.3 Å². The molecule has 0 aliphatic heterocycles. The molecule has 5 aromatic rings. The van der Waals surface area contributed by atoms with Crippen LogP contribution >= 0.6 is 0 Å². The van der Waals surface area contributed by atoms with E-state index in [2.05, 4.69) is 64.8 Å². The lowest BCUT2D eigenvalue weighted by Gasteiger charge is -2.24. The Hall–Kier alpha value is -3.92. The molecule has 10 nitrogen and oxygen atoms in total. The number of imidazole rings is 1. The first-order valence-corrected chi connectivity index (χ1v) is 13.6. The van der Waals surface area contributed by atoms with Gasteiger partial charge >= 0.3 is 0 Å². The lowest BCUT2D eigenvalue weighted by Crippen LogP contribution is -2.24. The predicted octanol–water partition coefficient (Wildman–Crippen LogP) is 6.35. The van der Waals surface area contributed by atoms with E-state index in [9.17, 15) is 0 Å². The summed E-state index contributed by atoms with van der Waals surface area (Å²) in [4.78, 5) is 17.3. The van der Waals surface area contributed by atoms with Crippen molar-refractivity contribution in [1.82, 2.24) is 34.3 Å². The van der Waals surface area contributed by atoms with E-state index in [1.54, 1.807) is 19.5 Å². The van der Waals surface area contributed by atoms with Crippen LogP contribution in [0.2, 0.25) is 0 Å². The summed E-state index contributed by atoms with van der Waals surface area (Å²) in [7, 11) is 3.68. The molecule has 1 fully saturated rings. The van der Waals surface area contributed by atoms with Gasteiger partial charge in [-0.3, -0.25) is 4.68 Å². The molecule has 0 aromatic carbocycles. The highest BCUT2D eigenvalue weighted by molar-refractivity contribution is 5.79. The van der Waals surface area contributed by atoms with Crippen LogP contribution in [0.1, 0.15) is 70.3 Å². The van der Waals surface area contributed by atoms with Crippen molar-refractivity contribution in [2.75, 3.05) is 19.0 Å². The van der Waals surface area contributed by atoms with Crippen LogP contribution in [0.15, 0.2) is 36.7 Å². The summed E-state index contributed by atoms with van der Waals surface area (Å²) in [5.74, 6) is 3.34. The third kappa shape index (κ3) is 4.96. The van der Waals surface area contributed by atoms with Crippen molar-refractivity contribution < 1.29 is 9.47 Å². The smallest absolute Gasteiger partial charge is 0.210 e. The molecule has 0 amide bonds. The first-order chi connectivity index (χ1) is 18.7. The number of fused-ring (bicyclic) bond motifs is 2. The number of pyridine rings is 2. The molecular formula is C29H36N8O2. The Labute approximate surface area is 227 Å². The maximum Gasteiger partial charge on any atom is 0.210 e. The lowest BCUT2D eigenvalue weighted by atomic mass is 9.91. The van der Waals surface area contributed by atoms with Crippen molar-refractivity contribution in [3.8, 4) is 11.5 Å². The largest absolute Gasteiger partial charge is 0.454 e. The molecule has 6 rings (SSSR count). The van der Waals surface area contributed by atoms with Gasteiger partial charge in [-0.05, 0) is 37.3 Å². The molecule has 1 saturated carbocycles. The van der Waals surface area contributed by atoms with Crippen LogP contribution in [0.5, 0.6) is 11.5 Å². The number of nitrogens with one attached hydrogen (secondary N) is 2. The molecule has 2 N–H and O–H groups in total. The number of H-pyrrole nitrogens is 1. The number of aromatic nitrogens is 7. The Morgan fingerprint density at radius 3 is 2.59 bits per heavy atom. The van der Waals surface area contributed by atoms with E-state index in [1.165, 1.54) is 18.5 Å². The summed E-state index contributed by atoms with van der Waals surface area (Å²) in [6.45, 7) is 9.34. The van der Waals surface area contributed by atoms with E-state index in [0.717, 1.165) is 34.5 Å². The molecule has 0 radical (unpaired) electrons. The number of methoxy groups -OCH3 is 1. The number of aryl methyl sites for hydroxylation is 1. The van der Waals surface area contributed by atoms with Crippen LogP contribution in [0.4, 0.5) is 11.8 Å². The van der Waals surface area contributed by atoms with Gasteiger partial charge in [-0.15, -0.1) is 0 Å². The molecule has 0 spiro atoms. The van der Waals surface area contributed by atoms with Crippen LogP contribution < -0.4 is 10.1 Å². The van der Waals surface area contributed by atoms with Gasteiger partial charge in [-0.2, -0.15) is 10.1 Å². The van der Waals surface area contributed by atoms with E-state index in [1.807, 2.05) is 23.7 Å². The van der Waals surface area contributed by atoms with Gasteiger partial charge in [0, 0.05) is 48.5 Å². The van der Waals surface area contributed by atoms with Gasteiger partial charge in [0.05, 0.1) is 30.6 Å². The molecule has 1 unspecified atom stereocenters. The minimum absolute atomic E-state index is 0.0774. The zero-order valence-corrected chi connectivity index (χ0v) is 23.4. The van der Waals surface area contributed by atoms with Crippen LogP contribution in [0.3, 0.4) is 0 Å². The minimum Gasteiger partial charge on any atom is -0.454 e. The first kappa shape index (κ1) is 25.4. The van der Waals surface area contributed by atoms with E-state index < -0.39 is 0 Å². The average Bonchev–Trinajstić information content (AvgIpc) is 3.41. The third-order valence-corrected chi connectivity index (χ3v) is 7.35. The molecule has 1 aliphatic rings. The van der Waals surface area contributed by atoms with Gasteiger partial charge in [0.2, 0.25) is 5.95 Å². The minimum atomic E-state index is -0.0774. The first-order valence-electron chi connectivity index (χ1n) is 13.6. The molecule has 204 valence electrons. The summed E-state index contributed by atoms with van der Waals surface area (Å²) in [5, 5.41) is 9.37. The molecule has 0 bridgehead atoms. The van der Waals surface area contributed by atoms with Gasteiger partial charge in [0.1, 0.15) is 17.1 Å². The molecular weight excluding hydrogens is 492 g/mol. The van der Waals surface area contributed by atoms with Crippen LogP contribution in [0, 0.1) is 0 Å². The molecule has 0 saturated heterocycles. The lowest BCUT2D eigenvalue weighted by molar-refractivity contribution is 0.144. The van der Waals surface area contributed by atoms with Crippen molar-refractivity contribution in [1.29, 1.82) is 0 Å². The molecule has 5 heterocycles. The monoisotopic (exact) mass is 528 g/mol. The van der Waals surface area contributed by atoms with Crippen LogP contribution in [-0.4, -0.2) is 48.0 Å². The van der Waals surface area contributed by atoms with Crippen molar-refractivity contribution in [3.05, 3.63) is 48.0 Å². The van der Waals surface area contributed by atoms with Gasteiger partial charge in [0.15, 0.2) is 11.5 Å². The van der Waals surface area contributed by atoms with Crippen molar-refractivity contribution in [2.24, 2.45) is 7.05 Å². The van der Waals surface area contributed by atoms with Crippen molar-refractivity contribution in [3.63, 3.8) is 0 Å². The highest BCUT2D eigenvalue weighted by Gasteiger charge is 2.26. The highest BCUT2D eigenvalue weighted by Crippen LogP contribution is 2.40. The number of ether oxygens (including phenoxy) is 2. The van der Waals surface area contributed by atoms with E-state index in [4.69, 9.17) is 19.6 Å². The summed E-state index contributed by atoms with van der Waals surface area (Å²) in [5.41, 5.74) is 4.69. The topological polar surface area (TPSA) is 108 Å². The van der Waals surface area contributed by atoms with Gasteiger partial charge in [-0.25, -0.2) is 9.97 Å². The molecule has 1 atom stereocenters. The summed E-state index contributed by atoms with van der Waals surface area (Å²) in [6, 6.07) is 8.39.